The minimum Gasteiger partial charge on any atom is -0.870 e. The molecule has 0 aromatic heterocycles. The Morgan fingerprint density at radius 2 is 1.76 bits per heavy atom. The minimum absolute atomic E-state index is 0. The van der Waals surface area contributed by atoms with Gasteiger partial charge in [0.15, 0.2) is 0 Å². The van der Waals surface area contributed by atoms with E-state index in [-0.39, 0.29) is 23.6 Å². The normalized spacial score (nSPS) is 34.4. The van der Waals surface area contributed by atoms with E-state index >= 15 is 0 Å². The van der Waals surface area contributed by atoms with Gasteiger partial charge in [0.2, 0.25) is 0 Å². The molecule has 11 heteroatoms. The third-order valence-corrected chi connectivity index (χ3v) is 13.8. The molecule has 11 atom stereocenters. The predicted molar refractivity (Wildman–Crippen MR) is 191 cm³/mol. The van der Waals surface area contributed by atoms with Crippen molar-refractivity contribution < 1.29 is 47.8 Å². The first-order valence-electron chi connectivity index (χ1n) is 18.7. The lowest BCUT2D eigenvalue weighted by Gasteiger charge is -2.58. The van der Waals surface area contributed by atoms with E-state index in [4.69, 9.17) is 18.5 Å². The van der Waals surface area contributed by atoms with E-state index in [0.717, 1.165) is 43.4 Å². The average Bonchev–Trinajstić information content (AvgIpc) is 3.36. The minimum atomic E-state index is -4.32. The van der Waals surface area contributed by atoms with E-state index in [9.17, 15) is 19.4 Å². The summed E-state index contributed by atoms with van der Waals surface area (Å²) in [6.07, 6.45) is 15.3. The van der Waals surface area contributed by atoms with Gasteiger partial charge in [-0.1, -0.05) is 65.3 Å². The van der Waals surface area contributed by atoms with Crippen LogP contribution in [0.25, 0.3) is 0 Å². The number of carbonyl (C=O) groups is 1. The Morgan fingerprint density at radius 3 is 2.41 bits per heavy atom. The van der Waals surface area contributed by atoms with E-state index in [0.29, 0.717) is 40.1 Å². The van der Waals surface area contributed by atoms with Crippen molar-refractivity contribution in [2.45, 2.75) is 112 Å². The van der Waals surface area contributed by atoms with Crippen LogP contribution in [0.1, 0.15) is 99.3 Å². The highest BCUT2D eigenvalue weighted by molar-refractivity contribution is 7.47. The molecule has 0 aliphatic heterocycles. The molecule has 3 N–H and O–H groups in total. The fraction of sp³-hybridized carbons (Fsp3) is 0.868. The number of nitrogens with zero attached hydrogens (tertiary/aromatic N) is 1. The fourth-order valence-corrected chi connectivity index (χ4v) is 10.7. The second-order valence-electron chi connectivity index (χ2n) is 17.4. The third kappa shape index (κ3) is 10.4. The Hall–Kier alpha value is -1.26. The Balaban J connectivity index is 0.00000650. The highest BCUT2D eigenvalue weighted by Gasteiger charge is 2.59. The quantitative estimate of drug-likeness (QED) is 0.0748. The Kier molecular flexibility index (Phi) is 14.7. The second-order valence-corrected chi connectivity index (χ2v) is 18.8. The standard InChI is InChI=1S/C38H66NO8P.H2O/c1-10-28(26(2)3)12-11-27(4)33-15-16-34-32-14-13-29-23-31(17-19-37(29,5)35(32)18-20-38(33,34)6)47-36(41)44-24-30(40)25-46-48(42,43)45-22-21-39(7,8)9;/h11-13,26-28,30-35,40H,10,14-25H2,1-9H3;1H2/b12-11+;/t27-,28-,30?,31?,32+,33-,34+,35+,37+,38-;/m1./s1. The number of rotatable bonds is 15. The van der Waals surface area contributed by atoms with Crippen molar-refractivity contribution in [3.05, 3.63) is 23.8 Å². The van der Waals surface area contributed by atoms with Gasteiger partial charge in [-0.3, -0.25) is 9.05 Å². The van der Waals surface area contributed by atoms with E-state index < -0.39 is 33.3 Å². The number of aliphatic hydroxyl groups is 1. The number of hydrogen-bond donors (Lipinski definition) is 2. The van der Waals surface area contributed by atoms with E-state index in [1.807, 2.05) is 21.1 Å². The molecule has 3 fully saturated rings. The topological polar surface area (TPSA) is 142 Å². The van der Waals surface area contributed by atoms with Crippen molar-refractivity contribution in [1.82, 2.24) is 0 Å². The third-order valence-electron chi connectivity index (χ3n) is 12.9. The number of allylic oxidation sites excluding steroid dienone is 3. The van der Waals surface area contributed by atoms with E-state index in [1.54, 1.807) is 0 Å². The smallest absolute Gasteiger partial charge is 0.508 e. The Labute approximate surface area is 296 Å². The first-order chi connectivity index (χ1) is 22.4. The van der Waals surface area contributed by atoms with Gasteiger partial charge >= 0.3 is 14.0 Å². The molecule has 0 heterocycles. The summed E-state index contributed by atoms with van der Waals surface area (Å²) in [6.45, 7) is 14.2. The molecule has 49 heavy (non-hydrogen) atoms. The zero-order valence-corrected chi connectivity index (χ0v) is 32.7. The van der Waals surface area contributed by atoms with Gasteiger partial charge in [-0.25, -0.2) is 9.36 Å². The number of phosphoric acid groups is 1. The maximum absolute atomic E-state index is 12.5. The van der Waals surface area contributed by atoms with Crippen molar-refractivity contribution in [2.24, 2.45) is 52.3 Å². The summed E-state index contributed by atoms with van der Waals surface area (Å²) in [7, 11) is 1.49. The lowest BCUT2D eigenvalue weighted by Crippen LogP contribution is -2.51. The van der Waals surface area contributed by atoms with Crippen LogP contribution in [0.5, 0.6) is 0 Å². The molecule has 0 aromatic rings. The zero-order chi connectivity index (χ0) is 35.5. The number of carbonyl (C=O) groups excluding carboxylic acids is 1. The molecular formula is C38H68NO9P. The molecule has 0 radical (unpaired) electrons. The van der Waals surface area contributed by atoms with Crippen molar-refractivity contribution in [2.75, 3.05) is 47.5 Å². The summed E-state index contributed by atoms with van der Waals surface area (Å²) in [4.78, 5) is 22.4. The molecule has 3 unspecified atom stereocenters. The van der Waals surface area contributed by atoms with Crippen LogP contribution >= 0.6 is 7.82 Å². The Bertz CT molecular complexity index is 1200. The van der Waals surface area contributed by atoms with Crippen LogP contribution in [0.2, 0.25) is 0 Å². The highest BCUT2D eigenvalue weighted by atomic mass is 31.2. The summed E-state index contributed by atoms with van der Waals surface area (Å²) in [5.74, 6) is 4.89. The number of quaternary nitrogens is 1. The van der Waals surface area contributed by atoms with Crippen LogP contribution in [0.3, 0.4) is 0 Å². The van der Waals surface area contributed by atoms with Crippen LogP contribution < -0.4 is 0 Å². The molecule has 0 saturated heterocycles. The van der Waals surface area contributed by atoms with Gasteiger partial charge < -0.3 is 29.4 Å². The molecule has 3 saturated carbocycles. The van der Waals surface area contributed by atoms with E-state index in [2.05, 4.69) is 59.8 Å². The maximum atomic E-state index is 12.5. The number of hydrogen-bond acceptors (Lipinski definition) is 8. The molecule has 284 valence electrons. The van der Waals surface area contributed by atoms with E-state index in [1.165, 1.54) is 37.7 Å². The molecule has 4 aliphatic rings. The van der Waals surface area contributed by atoms with Gasteiger partial charge in [-0.05, 0) is 104 Å². The van der Waals surface area contributed by atoms with Crippen LogP contribution in [-0.4, -0.2) is 85.8 Å². The lowest BCUT2D eigenvalue weighted by atomic mass is 9.47. The van der Waals surface area contributed by atoms with Crippen molar-refractivity contribution in [3.63, 3.8) is 0 Å². The van der Waals surface area contributed by atoms with Gasteiger partial charge in [0.05, 0.1) is 27.7 Å². The van der Waals surface area contributed by atoms with Crippen LogP contribution in [0.4, 0.5) is 4.79 Å². The zero-order valence-electron chi connectivity index (χ0n) is 31.8. The first-order valence-corrected chi connectivity index (χ1v) is 20.2. The number of aliphatic hydroxyl groups excluding tert-OH is 1. The summed E-state index contributed by atoms with van der Waals surface area (Å²) in [6, 6.07) is 0. The summed E-state index contributed by atoms with van der Waals surface area (Å²) < 4.78 is 33.3. The maximum Gasteiger partial charge on any atom is 0.508 e. The molecule has 10 nitrogen and oxygen atoms in total. The monoisotopic (exact) mass is 713 g/mol. The molecule has 0 bridgehead atoms. The van der Waals surface area contributed by atoms with Crippen molar-refractivity contribution in [3.8, 4) is 0 Å². The van der Waals surface area contributed by atoms with Crippen LogP contribution in [-0.2, 0) is 23.1 Å². The predicted octanol–water partition coefficient (Wildman–Crippen LogP) is 7.99. The largest absolute Gasteiger partial charge is 0.870 e. The number of phosphoric ester groups is 1. The van der Waals surface area contributed by atoms with Crippen molar-refractivity contribution >= 4 is 14.0 Å². The molecule has 4 aliphatic carbocycles. The van der Waals surface area contributed by atoms with Gasteiger partial charge in [-0.2, -0.15) is 0 Å². The molecule has 0 amide bonds. The molecule has 4 rings (SSSR count). The average molecular weight is 714 g/mol. The SMILES string of the molecule is CC[C@H](/C=C/[C@@H](C)[C@H]1CC[C@H]2[C@@H]3CC=C4CC(OC(=O)OCC(O)COP(=O)(O)OCC[N+](C)(C)C)CC[C@]4(C)[C@H]3CC[C@]12C)C(C)C.[OH-]. The van der Waals surface area contributed by atoms with Crippen molar-refractivity contribution in [1.29, 1.82) is 0 Å². The lowest BCUT2D eigenvalue weighted by molar-refractivity contribution is -0.870. The fourth-order valence-electron chi connectivity index (χ4n) is 9.94. The number of fused-ring (bicyclic) bond motifs is 5. The van der Waals surface area contributed by atoms with Gasteiger partial charge in [-0.15, -0.1) is 0 Å². The number of ether oxygens (including phenoxy) is 2. The number of likely N-dealkylation sites (N-methyl/N-ethyl adjacent to an activating group) is 1. The summed E-state index contributed by atoms with van der Waals surface area (Å²) in [5.41, 5.74) is 1.97. The first kappa shape index (κ1) is 42.2. The Morgan fingerprint density at radius 1 is 1.04 bits per heavy atom. The molecule has 0 spiro atoms. The summed E-state index contributed by atoms with van der Waals surface area (Å²) >= 11 is 0. The highest BCUT2D eigenvalue weighted by Crippen LogP contribution is 2.67. The van der Waals surface area contributed by atoms with Gasteiger partial charge in [0, 0.05) is 6.42 Å². The summed E-state index contributed by atoms with van der Waals surface area (Å²) in [5, 5.41) is 10.2. The molecule has 0 aromatic carbocycles. The van der Waals surface area contributed by atoms with Crippen LogP contribution in [0.15, 0.2) is 23.8 Å². The van der Waals surface area contributed by atoms with Crippen LogP contribution in [0, 0.1) is 52.3 Å². The second kappa shape index (κ2) is 17.0. The molecular weight excluding hydrogens is 645 g/mol. The van der Waals surface area contributed by atoms with Gasteiger partial charge in [0.1, 0.15) is 32.0 Å². The van der Waals surface area contributed by atoms with Gasteiger partial charge in [0.25, 0.3) is 0 Å².